The standard InChI is InChI=1S/C13H21NO3/c1-8-5-9(2)12(13(17-4)10(8)3)14-11(6-15)7-16/h5,11,14-16H,6-7H2,1-4H3. The van der Waals surface area contributed by atoms with E-state index >= 15 is 0 Å². The van der Waals surface area contributed by atoms with Crippen LogP contribution in [0.1, 0.15) is 16.7 Å². The molecule has 0 radical (unpaired) electrons. The minimum absolute atomic E-state index is 0.119. The number of nitrogens with one attached hydrogen (secondary N) is 1. The Balaban J connectivity index is 3.17. The molecule has 1 aromatic carbocycles. The first-order valence-corrected chi connectivity index (χ1v) is 5.68. The van der Waals surface area contributed by atoms with Crippen LogP contribution in [0, 0.1) is 20.8 Å². The van der Waals surface area contributed by atoms with E-state index in [-0.39, 0.29) is 19.3 Å². The summed E-state index contributed by atoms with van der Waals surface area (Å²) in [6.07, 6.45) is 0. The molecule has 0 atom stereocenters. The summed E-state index contributed by atoms with van der Waals surface area (Å²) < 4.78 is 5.40. The van der Waals surface area contributed by atoms with Gasteiger partial charge < -0.3 is 20.3 Å². The normalized spacial score (nSPS) is 10.8. The highest BCUT2D eigenvalue weighted by Crippen LogP contribution is 2.34. The fraction of sp³-hybridized carbons (Fsp3) is 0.538. The molecule has 0 unspecified atom stereocenters. The third-order valence-electron chi connectivity index (χ3n) is 2.98. The molecule has 3 N–H and O–H groups in total. The maximum Gasteiger partial charge on any atom is 0.145 e. The lowest BCUT2D eigenvalue weighted by atomic mass is 10.0. The first-order valence-electron chi connectivity index (χ1n) is 5.68. The number of rotatable bonds is 5. The van der Waals surface area contributed by atoms with E-state index in [4.69, 9.17) is 14.9 Å². The van der Waals surface area contributed by atoms with Gasteiger partial charge in [0.05, 0.1) is 32.1 Å². The Kier molecular flexibility index (Phi) is 4.78. The van der Waals surface area contributed by atoms with Gasteiger partial charge in [-0.1, -0.05) is 6.07 Å². The van der Waals surface area contributed by atoms with Gasteiger partial charge in [-0.15, -0.1) is 0 Å². The van der Waals surface area contributed by atoms with Gasteiger partial charge in [-0.05, 0) is 37.5 Å². The van der Waals surface area contributed by atoms with Crippen LogP contribution in [0.4, 0.5) is 5.69 Å². The molecular weight excluding hydrogens is 218 g/mol. The van der Waals surface area contributed by atoms with Gasteiger partial charge >= 0.3 is 0 Å². The molecule has 4 nitrogen and oxygen atoms in total. The molecule has 0 heterocycles. The van der Waals surface area contributed by atoms with Crippen molar-refractivity contribution in [1.29, 1.82) is 0 Å². The highest BCUT2D eigenvalue weighted by molar-refractivity contribution is 5.67. The second-order valence-corrected chi connectivity index (χ2v) is 4.25. The number of hydrogen-bond donors (Lipinski definition) is 3. The Morgan fingerprint density at radius 2 is 1.76 bits per heavy atom. The Labute approximate surface area is 102 Å². The van der Waals surface area contributed by atoms with Gasteiger partial charge in [-0.25, -0.2) is 0 Å². The van der Waals surface area contributed by atoms with E-state index in [9.17, 15) is 0 Å². The summed E-state index contributed by atoms with van der Waals surface area (Å²) in [4.78, 5) is 0. The van der Waals surface area contributed by atoms with E-state index < -0.39 is 0 Å². The summed E-state index contributed by atoms with van der Waals surface area (Å²) in [6.45, 7) is 5.76. The molecule has 0 aliphatic heterocycles. The zero-order valence-electron chi connectivity index (χ0n) is 10.9. The average Bonchev–Trinajstić information content (AvgIpc) is 2.32. The van der Waals surface area contributed by atoms with Crippen LogP contribution in [0.15, 0.2) is 6.07 Å². The van der Waals surface area contributed by atoms with Crippen LogP contribution in [-0.2, 0) is 0 Å². The SMILES string of the molecule is COc1c(C)c(C)cc(C)c1NC(CO)CO. The Morgan fingerprint density at radius 3 is 2.24 bits per heavy atom. The van der Waals surface area contributed by atoms with Crippen LogP contribution in [0.5, 0.6) is 5.75 Å². The van der Waals surface area contributed by atoms with Crippen molar-refractivity contribution in [3.8, 4) is 5.75 Å². The fourth-order valence-corrected chi connectivity index (χ4v) is 1.84. The van der Waals surface area contributed by atoms with Crippen LogP contribution in [0.25, 0.3) is 0 Å². The molecule has 0 spiro atoms. The van der Waals surface area contributed by atoms with Crippen LogP contribution in [0.3, 0.4) is 0 Å². The number of aliphatic hydroxyl groups is 2. The first-order chi connectivity index (χ1) is 8.04. The largest absolute Gasteiger partial charge is 0.494 e. The summed E-state index contributed by atoms with van der Waals surface area (Å²) in [5.74, 6) is 0.773. The number of aryl methyl sites for hydroxylation is 2. The van der Waals surface area contributed by atoms with Crippen molar-refractivity contribution in [1.82, 2.24) is 0 Å². The third kappa shape index (κ3) is 2.90. The smallest absolute Gasteiger partial charge is 0.145 e. The monoisotopic (exact) mass is 239 g/mol. The topological polar surface area (TPSA) is 61.7 Å². The molecule has 17 heavy (non-hydrogen) atoms. The molecule has 1 rings (SSSR count). The van der Waals surface area contributed by atoms with Gasteiger partial charge in [0, 0.05) is 0 Å². The van der Waals surface area contributed by atoms with Gasteiger partial charge in [0.1, 0.15) is 5.75 Å². The van der Waals surface area contributed by atoms with Crippen molar-refractivity contribution in [3.05, 3.63) is 22.8 Å². The predicted molar refractivity (Wildman–Crippen MR) is 68.8 cm³/mol. The first kappa shape index (κ1) is 13.8. The third-order valence-corrected chi connectivity index (χ3v) is 2.98. The summed E-state index contributed by atoms with van der Waals surface area (Å²) >= 11 is 0. The number of ether oxygens (including phenoxy) is 1. The molecule has 0 amide bonds. The molecule has 0 fully saturated rings. The lowest BCUT2D eigenvalue weighted by Gasteiger charge is -2.21. The van der Waals surface area contributed by atoms with Gasteiger partial charge in [0.2, 0.25) is 0 Å². The lowest BCUT2D eigenvalue weighted by molar-refractivity contribution is 0.203. The second kappa shape index (κ2) is 5.89. The van der Waals surface area contributed by atoms with E-state index in [1.165, 1.54) is 0 Å². The summed E-state index contributed by atoms with van der Waals surface area (Å²) in [7, 11) is 1.62. The zero-order valence-corrected chi connectivity index (χ0v) is 10.9. The molecule has 4 heteroatoms. The van der Waals surface area contributed by atoms with Crippen molar-refractivity contribution in [2.24, 2.45) is 0 Å². The number of aliphatic hydroxyl groups excluding tert-OH is 2. The van der Waals surface area contributed by atoms with Crippen molar-refractivity contribution < 1.29 is 14.9 Å². The van der Waals surface area contributed by atoms with Gasteiger partial charge in [0.15, 0.2) is 0 Å². The molecule has 0 bridgehead atoms. The van der Waals surface area contributed by atoms with Gasteiger partial charge in [-0.2, -0.15) is 0 Å². The van der Waals surface area contributed by atoms with Crippen LogP contribution in [-0.4, -0.2) is 36.6 Å². The van der Waals surface area contributed by atoms with Gasteiger partial charge in [0.25, 0.3) is 0 Å². The second-order valence-electron chi connectivity index (χ2n) is 4.25. The lowest BCUT2D eigenvalue weighted by Crippen LogP contribution is -2.28. The van der Waals surface area contributed by atoms with Gasteiger partial charge in [-0.3, -0.25) is 0 Å². The molecule has 0 aromatic heterocycles. The zero-order chi connectivity index (χ0) is 13.0. The van der Waals surface area contributed by atoms with Crippen LogP contribution >= 0.6 is 0 Å². The van der Waals surface area contributed by atoms with E-state index in [1.807, 2.05) is 20.8 Å². The van der Waals surface area contributed by atoms with E-state index in [0.717, 1.165) is 28.1 Å². The molecule has 0 aliphatic rings. The Morgan fingerprint density at radius 1 is 1.18 bits per heavy atom. The summed E-state index contributed by atoms with van der Waals surface area (Å²) in [6, 6.07) is 1.69. The minimum atomic E-state index is -0.371. The number of methoxy groups -OCH3 is 1. The number of hydrogen-bond acceptors (Lipinski definition) is 4. The fourth-order valence-electron chi connectivity index (χ4n) is 1.84. The summed E-state index contributed by atoms with van der Waals surface area (Å²) in [5.41, 5.74) is 4.10. The van der Waals surface area contributed by atoms with E-state index in [2.05, 4.69) is 11.4 Å². The Bertz CT molecular complexity index is 387. The van der Waals surface area contributed by atoms with E-state index in [0.29, 0.717) is 0 Å². The maximum atomic E-state index is 9.10. The van der Waals surface area contributed by atoms with Crippen molar-refractivity contribution in [3.63, 3.8) is 0 Å². The average molecular weight is 239 g/mol. The quantitative estimate of drug-likeness (QED) is 0.726. The number of anilines is 1. The highest BCUT2D eigenvalue weighted by atomic mass is 16.5. The molecule has 0 aliphatic carbocycles. The molecular formula is C13H21NO3. The van der Waals surface area contributed by atoms with Crippen molar-refractivity contribution in [2.75, 3.05) is 25.6 Å². The maximum absolute atomic E-state index is 9.10. The minimum Gasteiger partial charge on any atom is -0.494 e. The summed E-state index contributed by atoms with van der Waals surface area (Å²) in [5, 5.41) is 21.3. The van der Waals surface area contributed by atoms with E-state index in [1.54, 1.807) is 7.11 Å². The molecule has 0 saturated heterocycles. The molecule has 96 valence electrons. The number of benzene rings is 1. The Hall–Kier alpha value is -1.26. The predicted octanol–water partition coefficient (Wildman–Crippen LogP) is 1.39. The van der Waals surface area contributed by atoms with Crippen molar-refractivity contribution in [2.45, 2.75) is 26.8 Å². The highest BCUT2D eigenvalue weighted by Gasteiger charge is 2.15. The molecule has 1 aromatic rings. The van der Waals surface area contributed by atoms with Crippen LogP contribution < -0.4 is 10.1 Å². The van der Waals surface area contributed by atoms with Crippen molar-refractivity contribution >= 4 is 5.69 Å². The molecule has 0 saturated carbocycles. The van der Waals surface area contributed by atoms with Crippen LogP contribution in [0.2, 0.25) is 0 Å².